The van der Waals surface area contributed by atoms with Gasteiger partial charge in [-0.3, -0.25) is 4.79 Å². The number of anilines is 2. The van der Waals surface area contributed by atoms with Gasteiger partial charge in [0.05, 0.1) is 5.41 Å². The highest BCUT2D eigenvalue weighted by atomic mass is 79.9. The lowest BCUT2D eigenvalue weighted by Crippen LogP contribution is -2.44. The topological polar surface area (TPSA) is 79.5 Å². The molecule has 152 valence electrons. The average molecular weight is 458 g/mol. The number of ether oxygens (including phenoxy) is 1. The van der Waals surface area contributed by atoms with Crippen molar-refractivity contribution in [2.75, 3.05) is 23.8 Å². The maximum absolute atomic E-state index is 13.3. The monoisotopic (exact) mass is 457 g/mol. The van der Waals surface area contributed by atoms with E-state index in [1.165, 1.54) is 0 Å². The van der Waals surface area contributed by atoms with Crippen molar-refractivity contribution >= 4 is 39.2 Å². The lowest BCUT2D eigenvalue weighted by atomic mass is 9.73. The maximum atomic E-state index is 13.3. The quantitative estimate of drug-likeness (QED) is 0.621. The van der Waals surface area contributed by atoms with Gasteiger partial charge in [0.25, 0.3) is 0 Å². The number of nitrogens with one attached hydrogen (secondary N) is 3. The average Bonchev–Trinajstić information content (AvgIpc) is 3.54. The summed E-state index contributed by atoms with van der Waals surface area (Å²) >= 11 is 3.46. The summed E-state index contributed by atoms with van der Waals surface area (Å²) < 4.78 is 6.50. The largest absolute Gasteiger partial charge is 0.381 e. The zero-order valence-electron chi connectivity index (χ0n) is 16.0. The van der Waals surface area contributed by atoms with Crippen LogP contribution in [-0.4, -0.2) is 31.2 Å². The molecule has 1 aliphatic heterocycles. The second-order valence-electron chi connectivity index (χ2n) is 7.61. The fourth-order valence-corrected chi connectivity index (χ4v) is 3.87. The SMILES string of the molecule is O=C(Nc1ccc(NC(=O)C2(c3ccc(Br)cc3)CCOCC2)cc1)NC1CC1. The summed E-state index contributed by atoms with van der Waals surface area (Å²) in [7, 11) is 0. The molecule has 0 aromatic heterocycles. The predicted octanol–water partition coefficient (Wildman–Crippen LogP) is 4.42. The minimum absolute atomic E-state index is 0.0321. The minimum atomic E-state index is -0.611. The summed E-state index contributed by atoms with van der Waals surface area (Å²) in [6, 6.07) is 15.2. The molecule has 0 unspecified atom stereocenters. The fraction of sp³-hybridized carbons (Fsp3) is 0.364. The first-order valence-electron chi connectivity index (χ1n) is 9.88. The molecule has 1 saturated carbocycles. The van der Waals surface area contributed by atoms with Crippen LogP contribution in [0.3, 0.4) is 0 Å². The van der Waals surface area contributed by atoms with Gasteiger partial charge in [0.2, 0.25) is 5.91 Å². The van der Waals surface area contributed by atoms with E-state index in [0.29, 0.717) is 43.5 Å². The first-order chi connectivity index (χ1) is 14.0. The van der Waals surface area contributed by atoms with E-state index < -0.39 is 5.41 Å². The molecule has 6 nitrogen and oxygen atoms in total. The zero-order chi connectivity index (χ0) is 20.3. The van der Waals surface area contributed by atoms with Crippen molar-refractivity contribution in [3.63, 3.8) is 0 Å². The van der Waals surface area contributed by atoms with Gasteiger partial charge in [0.1, 0.15) is 0 Å². The van der Waals surface area contributed by atoms with Crippen LogP contribution in [-0.2, 0) is 14.9 Å². The van der Waals surface area contributed by atoms with E-state index in [1.807, 2.05) is 24.3 Å². The number of rotatable bonds is 5. The van der Waals surface area contributed by atoms with Gasteiger partial charge in [-0.15, -0.1) is 0 Å². The Kier molecular flexibility index (Phi) is 5.87. The van der Waals surface area contributed by atoms with Gasteiger partial charge in [0.15, 0.2) is 0 Å². The van der Waals surface area contributed by atoms with Crippen LogP contribution in [0.15, 0.2) is 53.0 Å². The number of hydrogen-bond acceptors (Lipinski definition) is 3. The molecule has 1 aliphatic carbocycles. The van der Waals surface area contributed by atoms with Crippen molar-refractivity contribution in [2.24, 2.45) is 0 Å². The molecule has 0 radical (unpaired) electrons. The molecule has 1 saturated heterocycles. The molecule has 3 N–H and O–H groups in total. The van der Waals surface area contributed by atoms with E-state index in [9.17, 15) is 9.59 Å². The third-order valence-corrected chi connectivity index (χ3v) is 6.02. The molecule has 2 aromatic rings. The van der Waals surface area contributed by atoms with Crippen LogP contribution < -0.4 is 16.0 Å². The van der Waals surface area contributed by atoms with E-state index in [1.54, 1.807) is 24.3 Å². The molecule has 3 amide bonds. The third kappa shape index (κ3) is 4.79. The number of urea groups is 1. The van der Waals surface area contributed by atoms with Gasteiger partial charge < -0.3 is 20.7 Å². The Labute approximate surface area is 178 Å². The Hall–Kier alpha value is -2.38. The van der Waals surface area contributed by atoms with Crippen molar-refractivity contribution in [3.05, 3.63) is 58.6 Å². The van der Waals surface area contributed by atoms with Gasteiger partial charge in [-0.2, -0.15) is 0 Å². The highest BCUT2D eigenvalue weighted by molar-refractivity contribution is 9.10. The molecule has 2 aliphatic rings. The second kappa shape index (κ2) is 8.55. The maximum Gasteiger partial charge on any atom is 0.319 e. The normalized spacial score (nSPS) is 18.0. The summed E-state index contributed by atoms with van der Waals surface area (Å²) in [5, 5.41) is 8.75. The van der Waals surface area contributed by atoms with Crippen LogP contribution in [0.1, 0.15) is 31.2 Å². The molecule has 2 aromatic carbocycles. The molecule has 1 heterocycles. The lowest BCUT2D eigenvalue weighted by Gasteiger charge is -2.36. The summed E-state index contributed by atoms with van der Waals surface area (Å²) in [5.41, 5.74) is 1.78. The second-order valence-corrected chi connectivity index (χ2v) is 8.52. The van der Waals surface area contributed by atoms with Gasteiger partial charge >= 0.3 is 6.03 Å². The highest BCUT2D eigenvalue weighted by Gasteiger charge is 2.41. The van der Waals surface area contributed by atoms with Gasteiger partial charge in [-0.1, -0.05) is 28.1 Å². The van der Waals surface area contributed by atoms with Crippen LogP contribution in [0.4, 0.5) is 16.2 Å². The first kappa shape index (κ1) is 19.9. The van der Waals surface area contributed by atoms with E-state index >= 15 is 0 Å². The van der Waals surface area contributed by atoms with Crippen molar-refractivity contribution < 1.29 is 14.3 Å². The molecular weight excluding hydrogens is 434 g/mol. The van der Waals surface area contributed by atoms with Crippen LogP contribution in [0.25, 0.3) is 0 Å². The lowest BCUT2D eigenvalue weighted by molar-refractivity contribution is -0.125. The highest BCUT2D eigenvalue weighted by Crippen LogP contribution is 2.36. The number of carbonyl (C=O) groups is 2. The third-order valence-electron chi connectivity index (χ3n) is 5.49. The van der Waals surface area contributed by atoms with Gasteiger partial charge in [-0.25, -0.2) is 4.79 Å². The summed E-state index contributed by atoms with van der Waals surface area (Å²) in [6.45, 7) is 1.12. The number of halogens is 1. The molecule has 4 rings (SSSR count). The number of hydrogen-bond donors (Lipinski definition) is 3. The van der Waals surface area contributed by atoms with Gasteiger partial charge in [-0.05, 0) is 67.6 Å². The van der Waals surface area contributed by atoms with E-state index in [4.69, 9.17) is 4.74 Å². The molecule has 2 fully saturated rings. The molecule has 29 heavy (non-hydrogen) atoms. The zero-order valence-corrected chi connectivity index (χ0v) is 17.6. The van der Waals surface area contributed by atoms with Crippen molar-refractivity contribution in [2.45, 2.75) is 37.1 Å². The predicted molar refractivity (Wildman–Crippen MR) is 116 cm³/mol. The molecule has 0 spiro atoms. The number of amides is 3. The van der Waals surface area contributed by atoms with Crippen molar-refractivity contribution in [3.8, 4) is 0 Å². The Morgan fingerprint density at radius 1 is 0.897 bits per heavy atom. The molecular formula is C22H24BrN3O3. The number of carbonyl (C=O) groups excluding carboxylic acids is 2. The molecule has 0 atom stereocenters. The molecule has 7 heteroatoms. The Balaban J connectivity index is 1.45. The number of benzene rings is 2. The van der Waals surface area contributed by atoms with Crippen molar-refractivity contribution in [1.29, 1.82) is 0 Å². The first-order valence-corrected chi connectivity index (χ1v) is 10.7. The van der Waals surface area contributed by atoms with Crippen molar-refractivity contribution in [1.82, 2.24) is 5.32 Å². The van der Waals surface area contributed by atoms with Crippen LogP contribution in [0, 0.1) is 0 Å². The standard InChI is InChI=1S/C22H24BrN3O3/c23-16-3-1-15(2-4-16)22(11-13-29-14-12-22)20(27)24-17-5-7-18(8-6-17)25-21(28)26-19-9-10-19/h1-8,19H,9-14H2,(H,24,27)(H2,25,26,28). The van der Waals surface area contributed by atoms with Crippen LogP contribution in [0.5, 0.6) is 0 Å². The smallest absolute Gasteiger partial charge is 0.319 e. The van der Waals surface area contributed by atoms with E-state index in [0.717, 1.165) is 22.9 Å². The Morgan fingerprint density at radius 2 is 1.48 bits per heavy atom. The van der Waals surface area contributed by atoms with E-state index in [2.05, 4.69) is 31.9 Å². The summed E-state index contributed by atoms with van der Waals surface area (Å²) in [4.78, 5) is 25.2. The minimum Gasteiger partial charge on any atom is -0.381 e. The van der Waals surface area contributed by atoms with Crippen LogP contribution >= 0.6 is 15.9 Å². The Bertz CT molecular complexity index is 873. The van der Waals surface area contributed by atoms with Gasteiger partial charge in [0, 0.05) is 35.1 Å². The Morgan fingerprint density at radius 3 is 2.07 bits per heavy atom. The molecule has 0 bridgehead atoms. The summed E-state index contributed by atoms with van der Waals surface area (Å²) in [5.74, 6) is -0.0321. The van der Waals surface area contributed by atoms with E-state index in [-0.39, 0.29) is 11.9 Å². The fourth-order valence-electron chi connectivity index (χ4n) is 3.60. The van der Waals surface area contributed by atoms with Crippen LogP contribution in [0.2, 0.25) is 0 Å². The summed E-state index contributed by atoms with van der Waals surface area (Å²) in [6.07, 6.45) is 3.37.